The van der Waals surface area contributed by atoms with Crippen LogP contribution in [0.5, 0.6) is 5.75 Å². The van der Waals surface area contributed by atoms with Crippen molar-refractivity contribution in [1.82, 2.24) is 4.90 Å². The summed E-state index contributed by atoms with van der Waals surface area (Å²) in [6.45, 7) is 8.20. The third kappa shape index (κ3) is 5.32. The molecule has 0 saturated heterocycles. The van der Waals surface area contributed by atoms with Crippen LogP contribution in [0.3, 0.4) is 0 Å². The van der Waals surface area contributed by atoms with E-state index in [9.17, 15) is 0 Å². The van der Waals surface area contributed by atoms with Crippen LogP contribution in [0.4, 0.5) is 0 Å². The Labute approximate surface area is 116 Å². The van der Waals surface area contributed by atoms with Crippen molar-refractivity contribution in [3.63, 3.8) is 0 Å². The first-order valence-electron chi connectivity index (χ1n) is 6.86. The molecule has 0 amide bonds. The maximum atomic E-state index is 8.97. The van der Waals surface area contributed by atoms with Crippen LogP contribution in [-0.4, -0.2) is 31.1 Å². The van der Waals surface area contributed by atoms with E-state index < -0.39 is 0 Å². The number of ether oxygens (including phenoxy) is 1. The molecule has 1 atom stereocenters. The monoisotopic (exact) mass is 260 g/mol. The predicted octanol–water partition coefficient (Wildman–Crippen LogP) is 3.30. The first-order chi connectivity index (χ1) is 9.04. The summed E-state index contributed by atoms with van der Waals surface area (Å²) >= 11 is 0. The van der Waals surface area contributed by atoms with Crippen molar-refractivity contribution in [1.29, 1.82) is 5.26 Å². The minimum atomic E-state index is 0.551. The van der Waals surface area contributed by atoms with Gasteiger partial charge in [-0.05, 0) is 38.4 Å². The molecule has 0 aliphatic heterocycles. The minimum absolute atomic E-state index is 0.551. The maximum absolute atomic E-state index is 8.97. The molecule has 0 fully saturated rings. The quantitative estimate of drug-likeness (QED) is 0.754. The van der Waals surface area contributed by atoms with Gasteiger partial charge in [-0.3, -0.25) is 0 Å². The van der Waals surface area contributed by atoms with Gasteiger partial charge in [0.1, 0.15) is 18.4 Å². The van der Waals surface area contributed by atoms with Gasteiger partial charge >= 0.3 is 0 Å². The Kier molecular flexibility index (Phi) is 6.38. The molecule has 0 aromatic heterocycles. The zero-order valence-electron chi connectivity index (χ0n) is 12.4. The van der Waals surface area contributed by atoms with Crippen LogP contribution in [-0.2, 0) is 0 Å². The molecule has 1 aromatic carbocycles. The van der Waals surface area contributed by atoms with E-state index in [1.165, 1.54) is 6.42 Å². The topological polar surface area (TPSA) is 36.3 Å². The lowest BCUT2D eigenvalue weighted by Crippen LogP contribution is -2.33. The van der Waals surface area contributed by atoms with Gasteiger partial charge in [0, 0.05) is 12.6 Å². The number of nitrogens with zero attached hydrogens (tertiary/aromatic N) is 2. The van der Waals surface area contributed by atoms with Crippen molar-refractivity contribution in [3.8, 4) is 11.8 Å². The molecule has 1 rings (SSSR count). The normalized spacial score (nSPS) is 12.5. The van der Waals surface area contributed by atoms with E-state index in [2.05, 4.69) is 38.8 Å². The lowest BCUT2D eigenvalue weighted by molar-refractivity contribution is 0.184. The van der Waals surface area contributed by atoms with E-state index in [0.29, 0.717) is 29.9 Å². The van der Waals surface area contributed by atoms with E-state index >= 15 is 0 Å². The van der Waals surface area contributed by atoms with E-state index in [0.717, 1.165) is 6.54 Å². The molecule has 3 heteroatoms. The van der Waals surface area contributed by atoms with Gasteiger partial charge < -0.3 is 9.64 Å². The van der Waals surface area contributed by atoms with Gasteiger partial charge in [0.25, 0.3) is 0 Å². The fourth-order valence-electron chi connectivity index (χ4n) is 2.07. The standard InChI is InChI=1S/C16H24N2O/c1-13(2)11-14(3)18(4)9-10-19-16-8-6-5-7-15(16)12-17/h5-8,13-14H,9-11H2,1-4H3. The molecule has 3 nitrogen and oxygen atoms in total. The highest BCUT2D eigenvalue weighted by atomic mass is 16.5. The Morgan fingerprint density at radius 3 is 2.58 bits per heavy atom. The van der Waals surface area contributed by atoms with Gasteiger partial charge in [0.05, 0.1) is 5.56 Å². The second kappa shape index (κ2) is 7.81. The summed E-state index contributed by atoms with van der Waals surface area (Å²) in [4.78, 5) is 2.30. The summed E-state index contributed by atoms with van der Waals surface area (Å²) in [6, 6.07) is 10.1. The minimum Gasteiger partial charge on any atom is -0.491 e. The van der Waals surface area contributed by atoms with Crippen LogP contribution >= 0.6 is 0 Å². The summed E-state index contributed by atoms with van der Waals surface area (Å²) in [7, 11) is 2.12. The Hall–Kier alpha value is -1.53. The molecular formula is C16H24N2O. The number of nitriles is 1. The van der Waals surface area contributed by atoms with E-state index in [1.54, 1.807) is 6.07 Å². The van der Waals surface area contributed by atoms with Crippen molar-refractivity contribution in [2.45, 2.75) is 33.2 Å². The lowest BCUT2D eigenvalue weighted by atomic mass is 10.0. The Balaban J connectivity index is 2.40. The van der Waals surface area contributed by atoms with Crippen LogP contribution in [0.2, 0.25) is 0 Å². The second-order valence-electron chi connectivity index (χ2n) is 5.42. The molecule has 0 heterocycles. The van der Waals surface area contributed by atoms with E-state index in [4.69, 9.17) is 10.00 Å². The van der Waals surface area contributed by atoms with Crippen LogP contribution in [0, 0.1) is 17.2 Å². The molecule has 104 valence electrons. The van der Waals surface area contributed by atoms with E-state index in [-0.39, 0.29) is 0 Å². The summed E-state index contributed by atoms with van der Waals surface area (Å²) in [5.74, 6) is 1.38. The average Bonchev–Trinajstić information content (AvgIpc) is 2.38. The summed E-state index contributed by atoms with van der Waals surface area (Å²) in [5, 5.41) is 8.97. The summed E-state index contributed by atoms with van der Waals surface area (Å²) in [6.07, 6.45) is 1.19. The zero-order chi connectivity index (χ0) is 14.3. The third-order valence-corrected chi connectivity index (χ3v) is 3.27. The van der Waals surface area contributed by atoms with Gasteiger partial charge in [0.15, 0.2) is 0 Å². The molecule has 0 aliphatic rings. The highest BCUT2D eigenvalue weighted by molar-refractivity contribution is 5.42. The molecule has 0 aliphatic carbocycles. The van der Waals surface area contributed by atoms with Gasteiger partial charge in [-0.2, -0.15) is 5.26 Å². The molecule has 1 unspecified atom stereocenters. The van der Waals surface area contributed by atoms with Crippen molar-refractivity contribution >= 4 is 0 Å². The molecule has 0 N–H and O–H groups in total. The maximum Gasteiger partial charge on any atom is 0.137 e. The highest BCUT2D eigenvalue weighted by Crippen LogP contribution is 2.16. The Morgan fingerprint density at radius 1 is 1.26 bits per heavy atom. The third-order valence-electron chi connectivity index (χ3n) is 3.27. The van der Waals surface area contributed by atoms with Crippen molar-refractivity contribution < 1.29 is 4.74 Å². The fraction of sp³-hybridized carbons (Fsp3) is 0.562. The van der Waals surface area contributed by atoms with Gasteiger partial charge in [0.2, 0.25) is 0 Å². The number of para-hydroxylation sites is 1. The predicted molar refractivity (Wildman–Crippen MR) is 78.2 cm³/mol. The van der Waals surface area contributed by atoms with Crippen LogP contribution < -0.4 is 4.74 Å². The number of benzene rings is 1. The number of hydrogen-bond acceptors (Lipinski definition) is 3. The molecule has 0 radical (unpaired) electrons. The van der Waals surface area contributed by atoms with Crippen molar-refractivity contribution in [3.05, 3.63) is 29.8 Å². The van der Waals surface area contributed by atoms with Crippen LogP contribution in [0.25, 0.3) is 0 Å². The number of rotatable bonds is 7. The first-order valence-corrected chi connectivity index (χ1v) is 6.86. The fourth-order valence-corrected chi connectivity index (χ4v) is 2.07. The van der Waals surface area contributed by atoms with Gasteiger partial charge in [-0.25, -0.2) is 0 Å². The van der Waals surface area contributed by atoms with Crippen LogP contribution in [0.1, 0.15) is 32.8 Å². The molecule has 19 heavy (non-hydrogen) atoms. The lowest BCUT2D eigenvalue weighted by Gasteiger charge is -2.26. The van der Waals surface area contributed by atoms with Crippen LogP contribution in [0.15, 0.2) is 24.3 Å². The van der Waals surface area contributed by atoms with Crippen molar-refractivity contribution in [2.75, 3.05) is 20.2 Å². The van der Waals surface area contributed by atoms with E-state index in [1.807, 2.05) is 18.2 Å². The highest BCUT2D eigenvalue weighted by Gasteiger charge is 2.11. The summed E-state index contributed by atoms with van der Waals surface area (Å²) in [5.41, 5.74) is 0.598. The smallest absolute Gasteiger partial charge is 0.137 e. The molecular weight excluding hydrogens is 236 g/mol. The summed E-state index contributed by atoms with van der Waals surface area (Å²) < 4.78 is 5.69. The molecule has 1 aromatic rings. The Bertz CT molecular complexity index is 423. The molecule has 0 spiro atoms. The second-order valence-corrected chi connectivity index (χ2v) is 5.42. The molecule has 0 saturated carbocycles. The van der Waals surface area contributed by atoms with Gasteiger partial charge in [-0.15, -0.1) is 0 Å². The largest absolute Gasteiger partial charge is 0.491 e. The van der Waals surface area contributed by atoms with Crippen molar-refractivity contribution in [2.24, 2.45) is 5.92 Å². The van der Waals surface area contributed by atoms with Gasteiger partial charge in [-0.1, -0.05) is 26.0 Å². The number of hydrogen-bond donors (Lipinski definition) is 0. The average molecular weight is 260 g/mol. The Morgan fingerprint density at radius 2 is 1.95 bits per heavy atom. The molecule has 0 bridgehead atoms. The zero-order valence-corrected chi connectivity index (χ0v) is 12.4. The number of likely N-dealkylation sites (N-methyl/N-ethyl adjacent to an activating group) is 1. The SMILES string of the molecule is CC(C)CC(C)N(C)CCOc1ccccc1C#N. The first kappa shape index (κ1) is 15.5.